The van der Waals surface area contributed by atoms with Crippen LogP contribution in [0.4, 0.5) is 4.79 Å². The minimum atomic E-state index is -2.77. The second-order valence-corrected chi connectivity index (χ2v) is 19.6. The maximum Gasteiger partial charge on any atom is 0.500 e. The fraction of sp³-hybridized carbons (Fsp3) is 0.958. The van der Waals surface area contributed by atoms with Gasteiger partial charge < -0.3 is 34.5 Å². The normalized spacial score (nSPS) is 12.2. The molecule has 9 nitrogen and oxygen atoms in total. The summed E-state index contributed by atoms with van der Waals surface area (Å²) >= 11 is 0. The number of rotatable bonds is 46. The molecule has 0 rings (SSSR count). The van der Waals surface area contributed by atoms with E-state index in [0.29, 0.717) is 51.8 Å². The summed E-state index contributed by atoms with van der Waals surface area (Å²) in [7, 11) is -2.77. The minimum Gasteiger partial charge on any atom is -0.374 e. The van der Waals surface area contributed by atoms with Gasteiger partial charge in [-0.25, -0.2) is 4.79 Å². The van der Waals surface area contributed by atoms with Gasteiger partial charge in [0.15, 0.2) is 0 Å². The molecule has 0 aliphatic rings. The van der Waals surface area contributed by atoms with Crippen molar-refractivity contribution in [2.45, 2.75) is 252 Å². The number of hydrogen-bond donors (Lipinski definition) is 3. The standard InChI is InChI=1S/C48H100N4O5Si/c1-6-11-13-15-17-19-21-23-25-27-29-31-33-37-43-52(44-38-34-32-30-28-26-24-22-20-18-16-14-12-7-2)47(53)46(40-35-36-41-49)51-48(54)50-42-39-45-58(55-8-3,56-9-4)57-10-5/h46H,6-45,49H2,1-5H3,(H2,50,51,54). The summed E-state index contributed by atoms with van der Waals surface area (Å²) in [6, 6.07) is -0.211. The van der Waals surface area contributed by atoms with Crippen LogP contribution in [0.2, 0.25) is 6.04 Å². The Bertz CT molecular complexity index is 836. The first-order valence-corrected chi connectivity index (χ1v) is 27.3. The van der Waals surface area contributed by atoms with Crippen molar-refractivity contribution in [3.63, 3.8) is 0 Å². The number of nitrogens with one attached hydrogen (secondary N) is 2. The highest BCUT2D eigenvalue weighted by Crippen LogP contribution is 2.19. The van der Waals surface area contributed by atoms with Gasteiger partial charge in [-0.1, -0.05) is 181 Å². The molecule has 0 aromatic heterocycles. The van der Waals surface area contributed by atoms with Gasteiger partial charge in [0.05, 0.1) is 0 Å². The van der Waals surface area contributed by atoms with Crippen molar-refractivity contribution >= 4 is 20.7 Å². The van der Waals surface area contributed by atoms with Crippen LogP contribution in [0.5, 0.6) is 0 Å². The third kappa shape index (κ3) is 34.5. The molecule has 0 spiro atoms. The Hall–Kier alpha value is -1.20. The molecular formula is C48H100N4O5Si. The molecule has 0 aliphatic heterocycles. The maximum absolute atomic E-state index is 14.2. The zero-order valence-corrected chi connectivity index (χ0v) is 40.4. The Kier molecular flexibility index (Phi) is 43.0. The number of carbonyl (C=O) groups excluding carboxylic acids is 2. The largest absolute Gasteiger partial charge is 0.500 e. The molecule has 0 saturated heterocycles. The zero-order valence-electron chi connectivity index (χ0n) is 39.4. The predicted octanol–water partition coefficient (Wildman–Crippen LogP) is 13.0. The molecule has 0 aromatic rings. The summed E-state index contributed by atoms with van der Waals surface area (Å²) in [6.07, 6.45) is 39.9. The summed E-state index contributed by atoms with van der Waals surface area (Å²) in [4.78, 5) is 29.5. The number of unbranched alkanes of at least 4 members (excludes halogenated alkanes) is 27. The van der Waals surface area contributed by atoms with Crippen LogP contribution in [-0.2, 0) is 18.1 Å². The van der Waals surface area contributed by atoms with Crippen molar-refractivity contribution < 1.29 is 22.9 Å². The van der Waals surface area contributed by atoms with E-state index in [0.717, 1.165) is 51.6 Å². The fourth-order valence-electron chi connectivity index (χ4n) is 8.01. The third-order valence-corrected chi connectivity index (χ3v) is 14.6. The van der Waals surface area contributed by atoms with E-state index in [1.807, 2.05) is 20.8 Å². The van der Waals surface area contributed by atoms with Crippen LogP contribution in [0.25, 0.3) is 0 Å². The number of carbonyl (C=O) groups is 2. The number of nitrogens with two attached hydrogens (primary N) is 1. The van der Waals surface area contributed by atoms with Gasteiger partial charge >= 0.3 is 14.8 Å². The molecule has 4 N–H and O–H groups in total. The van der Waals surface area contributed by atoms with Crippen LogP contribution in [0.3, 0.4) is 0 Å². The minimum absolute atomic E-state index is 0.0621. The first-order chi connectivity index (χ1) is 28.4. The Balaban J connectivity index is 5.02. The van der Waals surface area contributed by atoms with Gasteiger partial charge in [0.25, 0.3) is 0 Å². The van der Waals surface area contributed by atoms with Gasteiger partial charge in [0, 0.05) is 45.5 Å². The zero-order chi connectivity index (χ0) is 42.6. The van der Waals surface area contributed by atoms with Crippen molar-refractivity contribution in [3.05, 3.63) is 0 Å². The molecule has 1 atom stereocenters. The van der Waals surface area contributed by atoms with Crippen molar-refractivity contribution in [2.24, 2.45) is 5.73 Å². The van der Waals surface area contributed by atoms with E-state index in [1.165, 1.54) is 154 Å². The van der Waals surface area contributed by atoms with E-state index < -0.39 is 14.8 Å². The molecule has 10 heteroatoms. The topological polar surface area (TPSA) is 115 Å². The van der Waals surface area contributed by atoms with E-state index in [-0.39, 0.29) is 11.9 Å². The van der Waals surface area contributed by atoms with E-state index in [4.69, 9.17) is 19.0 Å². The van der Waals surface area contributed by atoms with Gasteiger partial charge in [-0.2, -0.15) is 0 Å². The van der Waals surface area contributed by atoms with Gasteiger partial charge in [-0.05, 0) is 65.8 Å². The number of nitrogens with zero attached hydrogens (tertiary/aromatic N) is 1. The lowest BCUT2D eigenvalue weighted by atomic mass is 10.0. The Morgan fingerprint density at radius 2 is 0.862 bits per heavy atom. The van der Waals surface area contributed by atoms with Crippen LogP contribution in [0.1, 0.15) is 240 Å². The number of hydrogen-bond acceptors (Lipinski definition) is 6. The molecular weight excluding hydrogens is 741 g/mol. The van der Waals surface area contributed by atoms with Crippen molar-refractivity contribution in [1.82, 2.24) is 15.5 Å². The van der Waals surface area contributed by atoms with E-state index in [2.05, 4.69) is 29.4 Å². The molecule has 0 fully saturated rings. The van der Waals surface area contributed by atoms with E-state index in [9.17, 15) is 9.59 Å². The van der Waals surface area contributed by atoms with E-state index in [1.54, 1.807) is 0 Å². The lowest BCUT2D eigenvalue weighted by molar-refractivity contribution is -0.133. The van der Waals surface area contributed by atoms with Gasteiger partial charge in [0.2, 0.25) is 5.91 Å². The van der Waals surface area contributed by atoms with Crippen LogP contribution in [-0.4, -0.2) is 77.7 Å². The molecule has 0 radical (unpaired) electrons. The third-order valence-electron chi connectivity index (χ3n) is 11.5. The van der Waals surface area contributed by atoms with Crippen molar-refractivity contribution in [1.29, 1.82) is 0 Å². The van der Waals surface area contributed by atoms with Crippen LogP contribution in [0, 0.1) is 0 Å². The van der Waals surface area contributed by atoms with Crippen molar-refractivity contribution in [2.75, 3.05) is 46.0 Å². The maximum atomic E-state index is 14.2. The molecule has 346 valence electrons. The summed E-state index contributed by atoms with van der Waals surface area (Å²) in [5, 5.41) is 6.07. The molecule has 0 bridgehead atoms. The first-order valence-electron chi connectivity index (χ1n) is 25.4. The Labute approximate surface area is 362 Å². The number of urea groups is 1. The summed E-state index contributed by atoms with van der Waals surface area (Å²) < 4.78 is 17.9. The van der Waals surface area contributed by atoms with Crippen LogP contribution >= 0.6 is 0 Å². The number of amides is 3. The SMILES string of the molecule is CCCCCCCCCCCCCCCCN(CCCCCCCCCCCCCCCC)C(=O)C(CCCCN)NC(=O)NCCC[Si](OCC)(OCC)OCC. The lowest BCUT2D eigenvalue weighted by Gasteiger charge is -2.29. The fourth-order valence-corrected chi connectivity index (χ4v) is 10.6. The Morgan fingerprint density at radius 3 is 1.21 bits per heavy atom. The highest BCUT2D eigenvalue weighted by atomic mass is 28.4. The summed E-state index contributed by atoms with van der Waals surface area (Å²) in [6.45, 7) is 14.6. The van der Waals surface area contributed by atoms with E-state index >= 15 is 0 Å². The molecule has 1 unspecified atom stereocenters. The monoisotopic (exact) mass is 841 g/mol. The van der Waals surface area contributed by atoms with Crippen molar-refractivity contribution in [3.8, 4) is 0 Å². The van der Waals surface area contributed by atoms with Gasteiger partial charge in [0.1, 0.15) is 6.04 Å². The molecule has 0 heterocycles. The molecule has 58 heavy (non-hydrogen) atoms. The van der Waals surface area contributed by atoms with Crippen LogP contribution in [0.15, 0.2) is 0 Å². The quantitative estimate of drug-likeness (QED) is 0.0415. The van der Waals surface area contributed by atoms with Crippen LogP contribution < -0.4 is 16.4 Å². The average molecular weight is 841 g/mol. The molecule has 0 aliphatic carbocycles. The van der Waals surface area contributed by atoms with Gasteiger partial charge in [-0.3, -0.25) is 4.79 Å². The smallest absolute Gasteiger partial charge is 0.374 e. The lowest BCUT2D eigenvalue weighted by Crippen LogP contribution is -2.52. The molecule has 0 aromatic carbocycles. The molecule has 3 amide bonds. The van der Waals surface area contributed by atoms with Gasteiger partial charge in [-0.15, -0.1) is 0 Å². The summed E-state index contributed by atoms with van der Waals surface area (Å²) in [5.74, 6) is 0.0621. The first kappa shape index (κ1) is 56.8. The second kappa shape index (κ2) is 43.9. The highest BCUT2D eigenvalue weighted by molar-refractivity contribution is 6.60. The second-order valence-electron chi connectivity index (χ2n) is 16.8. The predicted molar refractivity (Wildman–Crippen MR) is 250 cm³/mol. The average Bonchev–Trinajstić information content (AvgIpc) is 3.21. The Morgan fingerprint density at radius 1 is 0.500 bits per heavy atom. The molecule has 0 saturated carbocycles. The summed E-state index contributed by atoms with van der Waals surface area (Å²) in [5.41, 5.74) is 5.84. The highest BCUT2D eigenvalue weighted by Gasteiger charge is 2.39.